The molecule has 2 nitrogen and oxygen atoms in total. The van der Waals surface area contributed by atoms with E-state index in [1.54, 1.807) is 0 Å². The molecule has 3 heteroatoms. The maximum Gasteiger partial charge on any atom is 0.120 e. The van der Waals surface area contributed by atoms with Gasteiger partial charge in [0, 0.05) is 16.7 Å². The lowest BCUT2D eigenvalue weighted by Gasteiger charge is -2.09. The number of benzene rings is 1. The third-order valence-corrected chi connectivity index (χ3v) is 3.15. The summed E-state index contributed by atoms with van der Waals surface area (Å²) >= 11 is 1.86. The molecule has 19 heavy (non-hydrogen) atoms. The zero-order valence-corrected chi connectivity index (χ0v) is 13.8. The lowest BCUT2D eigenvalue weighted by atomic mass is 10.3. The molecule has 0 aromatic heterocycles. The van der Waals surface area contributed by atoms with Crippen LogP contribution in [0, 0.1) is 0 Å². The van der Waals surface area contributed by atoms with Crippen LogP contribution in [0.2, 0.25) is 0 Å². The van der Waals surface area contributed by atoms with Crippen LogP contribution in [0.15, 0.2) is 29.2 Å². The van der Waals surface area contributed by atoms with Crippen molar-refractivity contribution < 1.29 is 4.74 Å². The molecular weight excluding hydrogens is 254 g/mol. The fraction of sp³-hybridized carbons (Fsp3) is 0.625. The maximum absolute atomic E-state index is 5.70. The van der Waals surface area contributed by atoms with Gasteiger partial charge in [-0.05, 0) is 31.2 Å². The molecule has 0 aliphatic rings. The van der Waals surface area contributed by atoms with Crippen molar-refractivity contribution in [3.8, 4) is 5.75 Å². The van der Waals surface area contributed by atoms with Gasteiger partial charge in [-0.25, -0.2) is 0 Å². The van der Waals surface area contributed by atoms with E-state index in [1.807, 2.05) is 31.7 Å². The highest BCUT2D eigenvalue weighted by molar-refractivity contribution is 7.99. The van der Waals surface area contributed by atoms with Gasteiger partial charge in [-0.1, -0.05) is 40.7 Å². The molecule has 110 valence electrons. The molecule has 0 saturated heterocycles. The number of thioether (sulfide) groups is 1. The Kier molecular flexibility index (Phi) is 11.9. The first-order valence-corrected chi connectivity index (χ1v) is 8.20. The van der Waals surface area contributed by atoms with Gasteiger partial charge >= 0.3 is 0 Å². The van der Waals surface area contributed by atoms with Crippen molar-refractivity contribution in [2.45, 2.75) is 51.2 Å². The Balaban J connectivity index is 0.00000154. The van der Waals surface area contributed by atoms with Crippen LogP contribution in [-0.4, -0.2) is 24.9 Å². The van der Waals surface area contributed by atoms with Crippen molar-refractivity contribution in [2.24, 2.45) is 0 Å². The lowest BCUT2D eigenvalue weighted by molar-refractivity contribution is 0.313. The minimum Gasteiger partial charge on any atom is -0.492 e. The lowest BCUT2D eigenvalue weighted by Crippen LogP contribution is -2.21. The molecule has 0 spiro atoms. The summed E-state index contributed by atoms with van der Waals surface area (Å²) < 4.78 is 5.70. The van der Waals surface area contributed by atoms with E-state index < -0.39 is 0 Å². The van der Waals surface area contributed by atoms with E-state index in [-0.39, 0.29) is 0 Å². The van der Waals surface area contributed by atoms with E-state index in [9.17, 15) is 0 Å². The highest BCUT2D eigenvalue weighted by Crippen LogP contribution is 2.26. The zero-order chi connectivity index (χ0) is 14.5. The number of hydrogen-bond acceptors (Lipinski definition) is 3. The average Bonchev–Trinajstić information content (AvgIpc) is 2.40. The van der Waals surface area contributed by atoms with Gasteiger partial charge < -0.3 is 10.1 Å². The van der Waals surface area contributed by atoms with E-state index in [1.165, 1.54) is 11.3 Å². The highest BCUT2D eigenvalue weighted by atomic mass is 32.2. The second kappa shape index (κ2) is 12.4. The Morgan fingerprint density at radius 3 is 2.58 bits per heavy atom. The van der Waals surface area contributed by atoms with Crippen molar-refractivity contribution in [3.05, 3.63) is 24.3 Å². The number of rotatable bonds is 8. The maximum atomic E-state index is 5.70. The molecule has 0 atom stereocenters. The molecule has 0 amide bonds. The first kappa shape index (κ1) is 18.3. The Labute approximate surface area is 123 Å². The Morgan fingerprint density at radius 1 is 1.21 bits per heavy atom. The number of hydrogen-bond donors (Lipinski definition) is 1. The molecule has 1 rings (SSSR count). The van der Waals surface area contributed by atoms with Gasteiger partial charge in [0.05, 0.1) is 0 Å². The molecule has 0 bridgehead atoms. The summed E-state index contributed by atoms with van der Waals surface area (Å²) in [5.41, 5.74) is 0. The molecule has 0 saturated carbocycles. The summed E-state index contributed by atoms with van der Waals surface area (Å²) in [6.45, 7) is 13.3. The van der Waals surface area contributed by atoms with Crippen LogP contribution < -0.4 is 10.1 Å². The van der Waals surface area contributed by atoms with Crippen molar-refractivity contribution in [3.63, 3.8) is 0 Å². The van der Waals surface area contributed by atoms with Gasteiger partial charge in [0.15, 0.2) is 0 Å². The second-order valence-corrected chi connectivity index (χ2v) is 5.89. The normalized spacial score (nSPS) is 10.0. The number of ether oxygens (including phenoxy) is 1. The molecule has 0 radical (unpaired) electrons. The van der Waals surface area contributed by atoms with E-state index in [4.69, 9.17) is 4.74 Å². The molecule has 0 fully saturated rings. The Hall–Kier alpha value is -0.670. The van der Waals surface area contributed by atoms with E-state index in [2.05, 4.69) is 44.3 Å². The Bertz CT molecular complexity index is 315. The van der Waals surface area contributed by atoms with Crippen LogP contribution in [0.4, 0.5) is 0 Å². The van der Waals surface area contributed by atoms with Crippen LogP contribution in [0.1, 0.15) is 41.0 Å². The minimum absolute atomic E-state index is 0.608. The molecule has 1 aromatic carbocycles. The van der Waals surface area contributed by atoms with Gasteiger partial charge in [-0.3, -0.25) is 0 Å². The quantitative estimate of drug-likeness (QED) is 0.557. The smallest absolute Gasteiger partial charge is 0.120 e. The fourth-order valence-electron chi connectivity index (χ4n) is 1.45. The van der Waals surface area contributed by atoms with E-state index in [0.717, 1.165) is 25.4 Å². The fourth-order valence-corrected chi connectivity index (χ4v) is 2.34. The third-order valence-electron chi connectivity index (χ3n) is 2.15. The molecular formula is C16H29NOS. The van der Waals surface area contributed by atoms with Gasteiger partial charge in [0.25, 0.3) is 0 Å². The van der Waals surface area contributed by atoms with Crippen molar-refractivity contribution in [1.82, 2.24) is 5.32 Å². The SMILES string of the molecule is CC.CCCNCCOc1cccc(SC(C)C)c1. The summed E-state index contributed by atoms with van der Waals surface area (Å²) in [6.07, 6.45) is 1.17. The number of nitrogens with one attached hydrogen (secondary N) is 1. The summed E-state index contributed by atoms with van der Waals surface area (Å²) in [6, 6.07) is 8.32. The van der Waals surface area contributed by atoms with Crippen molar-refractivity contribution >= 4 is 11.8 Å². The van der Waals surface area contributed by atoms with E-state index >= 15 is 0 Å². The van der Waals surface area contributed by atoms with E-state index in [0.29, 0.717) is 5.25 Å². The van der Waals surface area contributed by atoms with Crippen LogP contribution in [0.25, 0.3) is 0 Å². The average molecular weight is 283 g/mol. The summed E-state index contributed by atoms with van der Waals surface area (Å²) in [5, 5.41) is 3.93. The van der Waals surface area contributed by atoms with Gasteiger partial charge in [0.2, 0.25) is 0 Å². The summed E-state index contributed by atoms with van der Waals surface area (Å²) in [7, 11) is 0. The van der Waals surface area contributed by atoms with Crippen LogP contribution >= 0.6 is 11.8 Å². The third kappa shape index (κ3) is 9.85. The predicted molar refractivity (Wildman–Crippen MR) is 87.4 cm³/mol. The first-order chi connectivity index (χ1) is 9.22. The molecule has 0 unspecified atom stereocenters. The van der Waals surface area contributed by atoms with Gasteiger partial charge in [-0.15, -0.1) is 11.8 Å². The summed E-state index contributed by atoms with van der Waals surface area (Å²) in [5.74, 6) is 0.967. The van der Waals surface area contributed by atoms with Gasteiger partial charge in [0.1, 0.15) is 12.4 Å². The predicted octanol–water partition coefficient (Wildman–Crippen LogP) is 4.59. The molecule has 1 aromatic rings. The van der Waals surface area contributed by atoms with Gasteiger partial charge in [-0.2, -0.15) is 0 Å². The summed E-state index contributed by atoms with van der Waals surface area (Å²) in [4.78, 5) is 1.28. The van der Waals surface area contributed by atoms with Crippen LogP contribution in [-0.2, 0) is 0 Å². The minimum atomic E-state index is 0.608. The van der Waals surface area contributed by atoms with Crippen molar-refractivity contribution in [1.29, 1.82) is 0 Å². The highest BCUT2D eigenvalue weighted by Gasteiger charge is 2.00. The topological polar surface area (TPSA) is 21.3 Å². The molecule has 0 heterocycles. The Morgan fingerprint density at radius 2 is 1.95 bits per heavy atom. The second-order valence-electron chi connectivity index (χ2n) is 4.24. The molecule has 0 aliphatic carbocycles. The standard InChI is InChI=1S/C14H23NOS.C2H6/c1-4-8-15-9-10-16-13-6-5-7-14(11-13)17-12(2)3;1-2/h5-7,11-12,15H,4,8-10H2,1-3H3;1-2H3. The largest absolute Gasteiger partial charge is 0.492 e. The molecule has 1 N–H and O–H groups in total. The van der Waals surface area contributed by atoms with Crippen LogP contribution in [0.5, 0.6) is 5.75 Å². The molecule has 0 aliphatic heterocycles. The van der Waals surface area contributed by atoms with Crippen molar-refractivity contribution in [2.75, 3.05) is 19.7 Å². The van der Waals surface area contributed by atoms with Crippen LogP contribution in [0.3, 0.4) is 0 Å². The monoisotopic (exact) mass is 283 g/mol. The first-order valence-electron chi connectivity index (χ1n) is 7.32. The zero-order valence-electron chi connectivity index (χ0n) is 13.0.